The summed E-state index contributed by atoms with van der Waals surface area (Å²) in [5.74, 6) is 0. The molecule has 2 rings (SSSR count). The maximum Gasteiger partial charge on any atom is 0.0850 e. The lowest BCUT2D eigenvalue weighted by Crippen LogP contribution is -1.85. The second-order valence-electron chi connectivity index (χ2n) is 3.21. The van der Waals surface area contributed by atoms with Crippen molar-refractivity contribution in [2.75, 3.05) is 6.61 Å². The predicted octanol–water partition coefficient (Wildman–Crippen LogP) is 3.40. The molecule has 0 aliphatic rings. The van der Waals surface area contributed by atoms with E-state index >= 15 is 0 Å². The summed E-state index contributed by atoms with van der Waals surface area (Å²) < 4.78 is 6.08. The molecule has 4 heteroatoms. The van der Waals surface area contributed by atoms with Crippen molar-refractivity contribution in [1.29, 1.82) is 0 Å². The molecule has 0 amide bonds. The fraction of sp³-hybridized carbons (Fsp3) is 0.167. The summed E-state index contributed by atoms with van der Waals surface area (Å²) >= 11 is 3.38. The Bertz CT molecular complexity index is 525. The van der Waals surface area contributed by atoms with E-state index in [0.717, 1.165) is 21.1 Å². The second kappa shape index (κ2) is 5.07. The average molecular weight is 279 g/mol. The molecule has 0 aromatic carbocycles. The zero-order valence-corrected chi connectivity index (χ0v) is 10.4. The van der Waals surface area contributed by atoms with Gasteiger partial charge in [-0.05, 0) is 41.1 Å². The number of ether oxygens (including phenoxy) is 1. The molecule has 2 aromatic rings. The second-order valence-corrected chi connectivity index (χ2v) is 4.13. The van der Waals surface area contributed by atoms with Crippen molar-refractivity contribution in [1.82, 2.24) is 9.97 Å². The van der Waals surface area contributed by atoms with E-state index in [4.69, 9.17) is 4.74 Å². The standard InChI is InChI=1S/C12H11BrN2O/c1-2-16-4-3-11-6-12-9(7-14-11)5-10(13)8-15-12/h3-8H,2H2,1H3/b4-3+. The number of hydrogen-bond acceptors (Lipinski definition) is 3. The monoisotopic (exact) mass is 278 g/mol. The number of nitrogens with zero attached hydrogens (tertiary/aromatic N) is 2. The van der Waals surface area contributed by atoms with Crippen LogP contribution in [0.5, 0.6) is 0 Å². The van der Waals surface area contributed by atoms with Crippen molar-refractivity contribution in [3.8, 4) is 0 Å². The summed E-state index contributed by atoms with van der Waals surface area (Å²) in [6.07, 6.45) is 7.05. The maximum atomic E-state index is 5.12. The molecule has 0 aliphatic heterocycles. The van der Waals surface area contributed by atoms with E-state index in [1.807, 2.05) is 25.1 Å². The molecule has 2 heterocycles. The number of aromatic nitrogens is 2. The Hall–Kier alpha value is -1.42. The molecule has 0 saturated heterocycles. The van der Waals surface area contributed by atoms with Crippen molar-refractivity contribution in [2.24, 2.45) is 0 Å². The third-order valence-electron chi connectivity index (χ3n) is 2.06. The Labute approximate surface area is 102 Å². The van der Waals surface area contributed by atoms with Crippen LogP contribution in [0.15, 0.2) is 35.3 Å². The minimum Gasteiger partial charge on any atom is -0.501 e. The van der Waals surface area contributed by atoms with E-state index in [9.17, 15) is 0 Å². The summed E-state index contributed by atoms with van der Waals surface area (Å²) in [5.41, 5.74) is 1.77. The first-order chi connectivity index (χ1) is 7.79. The molecule has 16 heavy (non-hydrogen) atoms. The molecule has 0 aliphatic carbocycles. The summed E-state index contributed by atoms with van der Waals surface area (Å²) in [7, 11) is 0. The molecule has 3 nitrogen and oxygen atoms in total. The molecule has 0 saturated carbocycles. The van der Waals surface area contributed by atoms with Crippen LogP contribution in [-0.2, 0) is 4.74 Å². The van der Waals surface area contributed by atoms with Crippen LogP contribution in [0.1, 0.15) is 12.6 Å². The molecule has 0 unspecified atom stereocenters. The minimum atomic E-state index is 0.662. The third-order valence-corrected chi connectivity index (χ3v) is 2.49. The van der Waals surface area contributed by atoms with Crippen molar-refractivity contribution in [3.05, 3.63) is 41.0 Å². The molecule has 0 spiro atoms. The molecule has 82 valence electrons. The number of pyridine rings is 2. The predicted molar refractivity (Wildman–Crippen MR) is 67.9 cm³/mol. The van der Waals surface area contributed by atoms with Crippen LogP contribution in [0.3, 0.4) is 0 Å². The number of halogens is 1. The zero-order valence-electron chi connectivity index (χ0n) is 8.85. The van der Waals surface area contributed by atoms with Crippen LogP contribution in [0, 0.1) is 0 Å². The summed E-state index contributed by atoms with van der Waals surface area (Å²) in [6.45, 7) is 2.60. The maximum absolute atomic E-state index is 5.12. The van der Waals surface area contributed by atoms with Gasteiger partial charge in [0.15, 0.2) is 0 Å². The smallest absolute Gasteiger partial charge is 0.0850 e. The van der Waals surface area contributed by atoms with E-state index in [1.54, 1.807) is 18.7 Å². The van der Waals surface area contributed by atoms with Gasteiger partial charge in [-0.15, -0.1) is 0 Å². The molecular formula is C12H11BrN2O. The Morgan fingerprint density at radius 2 is 2.19 bits per heavy atom. The highest BCUT2D eigenvalue weighted by atomic mass is 79.9. The largest absolute Gasteiger partial charge is 0.501 e. The zero-order chi connectivity index (χ0) is 11.4. The lowest BCUT2D eigenvalue weighted by Gasteiger charge is -1.99. The van der Waals surface area contributed by atoms with Gasteiger partial charge in [0.05, 0.1) is 24.1 Å². The molecule has 2 aromatic heterocycles. The van der Waals surface area contributed by atoms with Crippen LogP contribution in [0.4, 0.5) is 0 Å². The van der Waals surface area contributed by atoms with Gasteiger partial charge in [-0.2, -0.15) is 0 Å². The molecule has 0 atom stereocenters. The third kappa shape index (κ3) is 2.58. The minimum absolute atomic E-state index is 0.662. The van der Waals surface area contributed by atoms with Gasteiger partial charge in [0, 0.05) is 22.3 Å². The van der Waals surface area contributed by atoms with Gasteiger partial charge in [-0.1, -0.05) is 0 Å². The van der Waals surface area contributed by atoms with Crippen molar-refractivity contribution < 1.29 is 4.74 Å². The Morgan fingerprint density at radius 3 is 3.00 bits per heavy atom. The average Bonchev–Trinajstić information content (AvgIpc) is 2.29. The van der Waals surface area contributed by atoms with Gasteiger partial charge >= 0.3 is 0 Å². The molecule has 0 fully saturated rings. The van der Waals surface area contributed by atoms with Gasteiger partial charge in [-0.25, -0.2) is 0 Å². The highest BCUT2D eigenvalue weighted by molar-refractivity contribution is 9.10. The molecule has 0 radical (unpaired) electrons. The molecule has 0 N–H and O–H groups in total. The topological polar surface area (TPSA) is 35.0 Å². The normalized spacial score (nSPS) is 11.1. The van der Waals surface area contributed by atoms with E-state index < -0.39 is 0 Å². The summed E-state index contributed by atoms with van der Waals surface area (Å²) in [4.78, 5) is 8.60. The highest BCUT2D eigenvalue weighted by Crippen LogP contribution is 2.17. The lowest BCUT2D eigenvalue weighted by atomic mass is 10.2. The van der Waals surface area contributed by atoms with Crippen LogP contribution < -0.4 is 0 Å². The van der Waals surface area contributed by atoms with E-state index in [-0.39, 0.29) is 0 Å². The molecular weight excluding hydrogens is 268 g/mol. The summed E-state index contributed by atoms with van der Waals surface area (Å²) in [6, 6.07) is 3.92. The SMILES string of the molecule is CCO/C=C/c1cc2ncc(Br)cc2cn1. The van der Waals surface area contributed by atoms with Gasteiger partial charge in [-0.3, -0.25) is 9.97 Å². The highest BCUT2D eigenvalue weighted by Gasteiger charge is 1.97. The summed E-state index contributed by atoms with van der Waals surface area (Å²) in [5, 5.41) is 1.02. The van der Waals surface area contributed by atoms with Crippen LogP contribution >= 0.6 is 15.9 Å². The Balaban J connectivity index is 2.33. The first-order valence-corrected chi connectivity index (χ1v) is 5.78. The Morgan fingerprint density at radius 1 is 1.31 bits per heavy atom. The number of fused-ring (bicyclic) bond motifs is 1. The van der Waals surface area contributed by atoms with Crippen molar-refractivity contribution >= 4 is 32.9 Å². The van der Waals surface area contributed by atoms with Crippen molar-refractivity contribution in [3.63, 3.8) is 0 Å². The van der Waals surface area contributed by atoms with Gasteiger partial charge in [0.25, 0.3) is 0 Å². The first-order valence-electron chi connectivity index (χ1n) is 4.99. The molecule has 0 bridgehead atoms. The van der Waals surface area contributed by atoms with E-state index in [0.29, 0.717) is 6.61 Å². The lowest BCUT2D eigenvalue weighted by molar-refractivity contribution is 0.272. The fourth-order valence-corrected chi connectivity index (χ4v) is 1.67. The first kappa shape index (κ1) is 11.1. The fourth-order valence-electron chi connectivity index (χ4n) is 1.32. The van der Waals surface area contributed by atoms with Crippen LogP contribution in [-0.4, -0.2) is 16.6 Å². The van der Waals surface area contributed by atoms with Gasteiger partial charge in [0.2, 0.25) is 0 Å². The quantitative estimate of drug-likeness (QED) is 0.808. The van der Waals surface area contributed by atoms with Gasteiger partial charge in [0.1, 0.15) is 0 Å². The van der Waals surface area contributed by atoms with E-state index in [2.05, 4.69) is 25.9 Å². The number of hydrogen-bond donors (Lipinski definition) is 0. The van der Waals surface area contributed by atoms with Gasteiger partial charge < -0.3 is 4.74 Å². The van der Waals surface area contributed by atoms with Crippen molar-refractivity contribution in [2.45, 2.75) is 6.92 Å². The van der Waals surface area contributed by atoms with Crippen LogP contribution in [0.25, 0.3) is 17.0 Å². The Kier molecular flexibility index (Phi) is 3.51. The number of rotatable bonds is 3. The van der Waals surface area contributed by atoms with E-state index in [1.165, 1.54) is 0 Å². The van der Waals surface area contributed by atoms with Crippen LogP contribution in [0.2, 0.25) is 0 Å².